The number of nitrogens with zero attached hydrogens (tertiary/aromatic N) is 2. The van der Waals surface area contributed by atoms with Crippen LogP contribution in [0.5, 0.6) is 0 Å². The standard InChI is InChI=1S/C31H34N4O/c1-31(2,3)26-17-15-24(16-18-26)21-35(20-23-13-11-22(12-14-23)19-34-30(32)33)29(36)28-10-6-8-25-7-4-5-9-27(25)28/h4-18H,19-21H2,1-3H3,(H4,32,33,34). The summed E-state index contributed by atoms with van der Waals surface area (Å²) in [5.74, 6) is 0.0831. The van der Waals surface area contributed by atoms with Gasteiger partial charge in [-0.15, -0.1) is 0 Å². The van der Waals surface area contributed by atoms with Gasteiger partial charge in [-0.2, -0.15) is 0 Å². The monoisotopic (exact) mass is 478 g/mol. The van der Waals surface area contributed by atoms with Crippen molar-refractivity contribution in [3.8, 4) is 0 Å². The molecule has 4 N–H and O–H groups in total. The van der Waals surface area contributed by atoms with Crippen LogP contribution >= 0.6 is 0 Å². The number of guanidine groups is 1. The summed E-state index contributed by atoms with van der Waals surface area (Å²) in [6.45, 7) is 8.05. The average molecular weight is 479 g/mol. The Kier molecular flexibility index (Phi) is 7.39. The molecule has 5 heteroatoms. The van der Waals surface area contributed by atoms with Gasteiger partial charge in [0.05, 0.1) is 6.54 Å². The SMILES string of the molecule is CC(C)(C)c1ccc(CN(Cc2ccc(CN=C(N)N)cc2)C(=O)c2cccc3ccccc23)cc1. The van der Waals surface area contributed by atoms with Gasteiger partial charge in [0.15, 0.2) is 5.96 Å². The number of hydrogen-bond donors (Lipinski definition) is 2. The summed E-state index contributed by atoms with van der Waals surface area (Å²) in [4.78, 5) is 19.9. The fourth-order valence-electron chi connectivity index (χ4n) is 4.27. The summed E-state index contributed by atoms with van der Waals surface area (Å²) >= 11 is 0. The number of fused-ring (bicyclic) bond motifs is 1. The van der Waals surface area contributed by atoms with Gasteiger partial charge in [-0.1, -0.05) is 106 Å². The lowest BCUT2D eigenvalue weighted by Crippen LogP contribution is -2.30. The third kappa shape index (κ3) is 6.11. The van der Waals surface area contributed by atoms with Gasteiger partial charge >= 0.3 is 0 Å². The molecule has 0 aliphatic rings. The molecule has 0 fully saturated rings. The molecule has 0 unspecified atom stereocenters. The van der Waals surface area contributed by atoms with E-state index >= 15 is 0 Å². The summed E-state index contributed by atoms with van der Waals surface area (Å²) in [6.07, 6.45) is 0. The zero-order chi connectivity index (χ0) is 25.7. The summed E-state index contributed by atoms with van der Waals surface area (Å²) in [5, 5.41) is 2.02. The van der Waals surface area contributed by atoms with Crippen LogP contribution in [0.15, 0.2) is 96.0 Å². The average Bonchev–Trinajstić information content (AvgIpc) is 2.87. The van der Waals surface area contributed by atoms with E-state index in [-0.39, 0.29) is 17.3 Å². The van der Waals surface area contributed by atoms with Crippen molar-refractivity contribution in [3.05, 3.63) is 119 Å². The van der Waals surface area contributed by atoms with Gasteiger partial charge in [0.2, 0.25) is 0 Å². The molecule has 0 aliphatic heterocycles. The Labute approximate surface area is 213 Å². The zero-order valence-electron chi connectivity index (χ0n) is 21.2. The fraction of sp³-hybridized carbons (Fsp3) is 0.226. The number of nitrogens with two attached hydrogens (primary N) is 2. The van der Waals surface area contributed by atoms with E-state index in [0.29, 0.717) is 25.2 Å². The second kappa shape index (κ2) is 10.6. The van der Waals surface area contributed by atoms with E-state index in [9.17, 15) is 4.79 Å². The zero-order valence-corrected chi connectivity index (χ0v) is 21.2. The number of hydrogen-bond acceptors (Lipinski definition) is 2. The van der Waals surface area contributed by atoms with Crippen LogP contribution in [0.25, 0.3) is 10.8 Å². The lowest BCUT2D eigenvalue weighted by molar-refractivity contribution is 0.0732. The Hall–Kier alpha value is -4.12. The highest BCUT2D eigenvalue weighted by atomic mass is 16.2. The topological polar surface area (TPSA) is 84.7 Å². The highest BCUT2D eigenvalue weighted by molar-refractivity contribution is 6.07. The molecule has 0 saturated heterocycles. The van der Waals surface area contributed by atoms with Crippen LogP contribution in [0.3, 0.4) is 0 Å². The van der Waals surface area contributed by atoms with Crippen LogP contribution in [-0.4, -0.2) is 16.8 Å². The number of amides is 1. The molecule has 0 radical (unpaired) electrons. The first kappa shape index (κ1) is 25.0. The van der Waals surface area contributed by atoms with Crippen molar-refractivity contribution in [1.29, 1.82) is 0 Å². The third-order valence-corrected chi connectivity index (χ3v) is 6.34. The summed E-state index contributed by atoms with van der Waals surface area (Å²) < 4.78 is 0. The second-order valence-corrected chi connectivity index (χ2v) is 10.2. The van der Waals surface area contributed by atoms with Crippen LogP contribution in [-0.2, 0) is 25.0 Å². The summed E-state index contributed by atoms with van der Waals surface area (Å²) in [6, 6.07) is 30.6. The van der Waals surface area contributed by atoms with Gasteiger partial charge in [0.25, 0.3) is 5.91 Å². The van der Waals surface area contributed by atoms with E-state index in [1.165, 1.54) is 5.56 Å². The molecule has 1 amide bonds. The Bertz CT molecular complexity index is 1360. The Balaban J connectivity index is 1.64. The molecule has 0 bridgehead atoms. The molecule has 4 aromatic rings. The molecule has 0 aliphatic carbocycles. The number of benzene rings is 4. The largest absolute Gasteiger partial charge is 0.370 e. The molecule has 36 heavy (non-hydrogen) atoms. The van der Waals surface area contributed by atoms with Crippen molar-refractivity contribution in [1.82, 2.24) is 4.90 Å². The number of carbonyl (C=O) groups is 1. The number of aliphatic imine (C=N–C) groups is 1. The van der Waals surface area contributed by atoms with Crippen molar-refractivity contribution >= 4 is 22.6 Å². The lowest BCUT2D eigenvalue weighted by atomic mass is 9.87. The number of rotatable bonds is 7. The third-order valence-electron chi connectivity index (χ3n) is 6.34. The van der Waals surface area contributed by atoms with Crippen molar-refractivity contribution in [2.24, 2.45) is 16.5 Å². The summed E-state index contributed by atoms with van der Waals surface area (Å²) in [7, 11) is 0. The molecule has 4 aromatic carbocycles. The van der Waals surface area contributed by atoms with Crippen LogP contribution in [0.2, 0.25) is 0 Å². The van der Waals surface area contributed by atoms with Crippen molar-refractivity contribution < 1.29 is 4.79 Å². The highest BCUT2D eigenvalue weighted by Crippen LogP contribution is 2.25. The first-order valence-corrected chi connectivity index (χ1v) is 12.2. The first-order chi connectivity index (χ1) is 17.2. The predicted molar refractivity (Wildman–Crippen MR) is 149 cm³/mol. The molecule has 0 saturated carbocycles. The minimum atomic E-state index is 0.0104. The van der Waals surface area contributed by atoms with E-state index in [2.05, 4.69) is 50.0 Å². The number of carbonyl (C=O) groups excluding carboxylic acids is 1. The normalized spacial score (nSPS) is 11.3. The van der Waals surface area contributed by atoms with Gasteiger partial charge in [0, 0.05) is 18.7 Å². The van der Waals surface area contributed by atoms with E-state index in [0.717, 1.165) is 27.5 Å². The van der Waals surface area contributed by atoms with E-state index in [1.807, 2.05) is 71.6 Å². The summed E-state index contributed by atoms with van der Waals surface area (Å²) in [5.41, 5.74) is 16.1. The molecule has 184 valence electrons. The molecule has 0 spiro atoms. The predicted octanol–water partition coefficient (Wildman–Crippen LogP) is 5.75. The van der Waals surface area contributed by atoms with E-state index in [1.54, 1.807) is 0 Å². The Morgan fingerprint density at radius 1 is 0.750 bits per heavy atom. The maximum Gasteiger partial charge on any atom is 0.255 e. The molecule has 4 rings (SSSR count). The quantitative estimate of drug-likeness (QED) is 0.262. The van der Waals surface area contributed by atoms with Gasteiger partial charge in [-0.3, -0.25) is 4.79 Å². The van der Waals surface area contributed by atoms with Crippen LogP contribution < -0.4 is 11.5 Å². The highest BCUT2D eigenvalue weighted by Gasteiger charge is 2.20. The van der Waals surface area contributed by atoms with Gasteiger partial charge in [0.1, 0.15) is 0 Å². The van der Waals surface area contributed by atoms with Gasteiger partial charge < -0.3 is 16.4 Å². The molecular weight excluding hydrogens is 444 g/mol. The smallest absolute Gasteiger partial charge is 0.255 e. The minimum absolute atomic E-state index is 0.0104. The minimum Gasteiger partial charge on any atom is -0.370 e. The van der Waals surface area contributed by atoms with E-state index in [4.69, 9.17) is 11.5 Å². The van der Waals surface area contributed by atoms with Crippen LogP contribution in [0.4, 0.5) is 0 Å². The van der Waals surface area contributed by atoms with E-state index < -0.39 is 0 Å². The Morgan fingerprint density at radius 3 is 1.92 bits per heavy atom. The molecule has 0 atom stereocenters. The van der Waals surface area contributed by atoms with Gasteiger partial charge in [-0.05, 0) is 44.5 Å². The maximum absolute atomic E-state index is 13.9. The van der Waals surface area contributed by atoms with Crippen molar-refractivity contribution in [2.75, 3.05) is 0 Å². The van der Waals surface area contributed by atoms with Gasteiger partial charge in [-0.25, -0.2) is 4.99 Å². The molecular formula is C31H34N4O. The lowest BCUT2D eigenvalue weighted by Gasteiger charge is -2.25. The van der Waals surface area contributed by atoms with Crippen LogP contribution in [0, 0.1) is 0 Å². The second-order valence-electron chi connectivity index (χ2n) is 10.2. The van der Waals surface area contributed by atoms with Crippen LogP contribution in [0.1, 0.15) is 53.4 Å². The first-order valence-electron chi connectivity index (χ1n) is 12.2. The van der Waals surface area contributed by atoms with Crippen molar-refractivity contribution in [3.63, 3.8) is 0 Å². The molecule has 0 heterocycles. The van der Waals surface area contributed by atoms with Crippen molar-refractivity contribution in [2.45, 2.75) is 45.8 Å². The molecule has 0 aromatic heterocycles. The maximum atomic E-state index is 13.9. The fourth-order valence-corrected chi connectivity index (χ4v) is 4.27. The Morgan fingerprint density at radius 2 is 1.31 bits per heavy atom. The molecule has 5 nitrogen and oxygen atoms in total.